The molecule has 14 nitrogen and oxygen atoms in total. The zero-order chi connectivity index (χ0) is 60.8. The minimum absolute atomic E-state index is 0.0856. The number of carbonyl (C=O) groups excluding carboxylic acids is 7. The zero-order valence-electron chi connectivity index (χ0n) is 50.7. The van der Waals surface area contributed by atoms with Gasteiger partial charge in [0.15, 0.2) is 0 Å². The van der Waals surface area contributed by atoms with Crippen molar-refractivity contribution >= 4 is 88.2 Å². The molecular weight excluding hydrogens is 1130 g/mol. The molecule has 0 radical (unpaired) electrons. The first-order valence-corrected chi connectivity index (χ1v) is 33.4. The van der Waals surface area contributed by atoms with E-state index in [0.29, 0.717) is 19.3 Å². The molecule has 0 aliphatic heterocycles. The second-order valence-corrected chi connectivity index (χ2v) is 21.8. The van der Waals surface area contributed by atoms with Crippen LogP contribution in [-0.2, 0) is 66.7 Å². The van der Waals surface area contributed by atoms with Crippen LogP contribution in [0, 0.1) is 0 Å². The van der Waals surface area contributed by atoms with Gasteiger partial charge in [0.05, 0.1) is 0 Å². The first kappa shape index (κ1) is 80.7. The molecule has 18 heteroatoms. The third-order valence-electron chi connectivity index (χ3n) is 13.3. The van der Waals surface area contributed by atoms with Crippen molar-refractivity contribution < 1.29 is 66.7 Å². The summed E-state index contributed by atoms with van der Waals surface area (Å²) in [4.78, 5) is 80.9. The first-order chi connectivity index (χ1) is 39.9. The summed E-state index contributed by atoms with van der Waals surface area (Å²) < 4.78 is 35.9. The number of alkyl halides is 4. The predicted molar refractivity (Wildman–Crippen MR) is 331 cm³/mol. The third kappa shape index (κ3) is 59.8. The number of hydrogen-bond donors (Lipinski definition) is 0. The number of esters is 7. The SMILES string of the molecule is CCCCCC[C@@H](C/C=C\CCCCCCCC(=O)OCOC(=O)CCCCCCC/C=C\C[C@@H](CCCCCC)OC(=O)CCl)OC(=O)CCl.CCCCCC[C@H](C/C=C\CCCCCCCC(=O)OCOC(=O)CCl)OC(=O)CCl. The van der Waals surface area contributed by atoms with Gasteiger partial charge in [0.1, 0.15) is 41.8 Å². The van der Waals surface area contributed by atoms with Crippen LogP contribution in [0.15, 0.2) is 36.5 Å². The largest absolute Gasteiger partial charge is 0.461 e. The fraction of sp³-hybridized carbons (Fsp3) is 0.797. The summed E-state index contributed by atoms with van der Waals surface area (Å²) in [6, 6.07) is 0. The van der Waals surface area contributed by atoms with E-state index in [-0.39, 0.29) is 91.2 Å². The summed E-state index contributed by atoms with van der Waals surface area (Å²) in [5, 5.41) is 0. The monoisotopic (exact) mass is 1240 g/mol. The van der Waals surface area contributed by atoms with Gasteiger partial charge in [0.25, 0.3) is 0 Å². The van der Waals surface area contributed by atoms with E-state index in [1.807, 2.05) is 0 Å². The number of allylic oxidation sites excluding steroid dienone is 3. The average molecular weight is 1240 g/mol. The number of rotatable bonds is 56. The number of carbonyl (C=O) groups is 7. The zero-order valence-corrected chi connectivity index (χ0v) is 53.8. The Labute approximate surface area is 515 Å². The van der Waals surface area contributed by atoms with Crippen LogP contribution in [0.2, 0.25) is 0 Å². The van der Waals surface area contributed by atoms with E-state index in [1.165, 1.54) is 38.5 Å². The maximum Gasteiger partial charge on any atom is 0.323 e. The van der Waals surface area contributed by atoms with Gasteiger partial charge in [0.2, 0.25) is 13.6 Å². The molecule has 0 aliphatic rings. The van der Waals surface area contributed by atoms with Crippen molar-refractivity contribution in [2.24, 2.45) is 0 Å². The highest BCUT2D eigenvalue weighted by molar-refractivity contribution is 6.27. The molecule has 0 amide bonds. The Morgan fingerprint density at radius 1 is 0.293 bits per heavy atom. The van der Waals surface area contributed by atoms with Crippen LogP contribution in [-0.4, -0.2) is 97.2 Å². The Bertz CT molecular complexity index is 1590. The van der Waals surface area contributed by atoms with Crippen LogP contribution in [0.5, 0.6) is 0 Å². The second kappa shape index (κ2) is 63.7. The molecule has 0 aromatic carbocycles. The van der Waals surface area contributed by atoms with Crippen LogP contribution in [0.4, 0.5) is 0 Å². The van der Waals surface area contributed by atoms with Crippen LogP contribution in [0.3, 0.4) is 0 Å². The third-order valence-corrected chi connectivity index (χ3v) is 14.2. The summed E-state index contributed by atoms with van der Waals surface area (Å²) >= 11 is 22.0. The van der Waals surface area contributed by atoms with Crippen molar-refractivity contribution in [2.75, 3.05) is 37.1 Å². The van der Waals surface area contributed by atoms with Gasteiger partial charge in [-0.25, -0.2) is 0 Å². The van der Waals surface area contributed by atoms with Gasteiger partial charge >= 0.3 is 41.8 Å². The molecule has 0 saturated carbocycles. The van der Waals surface area contributed by atoms with E-state index >= 15 is 0 Å². The summed E-state index contributed by atoms with van der Waals surface area (Å²) in [7, 11) is 0. The van der Waals surface area contributed by atoms with Crippen LogP contribution in [0.1, 0.15) is 271 Å². The first-order valence-electron chi connectivity index (χ1n) is 31.3. The van der Waals surface area contributed by atoms with Crippen molar-refractivity contribution in [3.63, 3.8) is 0 Å². The second-order valence-electron chi connectivity index (χ2n) is 20.8. The van der Waals surface area contributed by atoms with E-state index in [4.69, 9.17) is 74.8 Å². The molecule has 0 fully saturated rings. The Morgan fingerprint density at radius 3 is 0.805 bits per heavy atom. The Hall–Kier alpha value is -3.33. The molecule has 0 saturated heterocycles. The van der Waals surface area contributed by atoms with Crippen LogP contribution < -0.4 is 0 Å². The van der Waals surface area contributed by atoms with E-state index < -0.39 is 5.97 Å². The molecule has 0 bridgehead atoms. The molecule has 476 valence electrons. The van der Waals surface area contributed by atoms with Crippen molar-refractivity contribution in [3.05, 3.63) is 36.5 Å². The van der Waals surface area contributed by atoms with Gasteiger partial charge in [-0.15, -0.1) is 46.4 Å². The molecular formula is C64H108Cl4O14. The highest BCUT2D eigenvalue weighted by Gasteiger charge is 2.15. The quantitative estimate of drug-likeness (QED) is 0.0140. The van der Waals surface area contributed by atoms with Crippen molar-refractivity contribution in [2.45, 2.75) is 289 Å². The number of ether oxygens (including phenoxy) is 7. The smallest absolute Gasteiger partial charge is 0.323 e. The van der Waals surface area contributed by atoms with Gasteiger partial charge in [-0.1, -0.05) is 173 Å². The maximum atomic E-state index is 12.0. The lowest BCUT2D eigenvalue weighted by molar-refractivity contribution is -0.168. The van der Waals surface area contributed by atoms with E-state index in [0.717, 1.165) is 193 Å². The van der Waals surface area contributed by atoms with Gasteiger partial charge in [-0.05, 0) is 96.3 Å². The standard InChI is InChI=1S/C41H70Cl2O8.C23H38Cl2O6/c1-3-5-7-21-27-36(50-40(46)33-42)29-23-17-13-9-11-15-19-25-31-38(44)48-35-49-39(45)32-26-20-16-12-10-14-18-24-30-37(51-41(47)34-43)28-22-8-6-4-2;1-2-3-4-11-14-20(31-23(28)18-25)15-12-9-7-5-6-8-10-13-16-21(26)29-19-30-22(27)17-24/h17-18,23-24,36-37H,3-16,19-22,25-35H2,1-2H3;9,12,20H,2-8,10-11,13-19H2,1H3/b23-17-,24-18-;12-9-/t36-,37+;20-/m.1/s1. The molecule has 0 N–H and O–H groups in total. The molecule has 3 atom stereocenters. The highest BCUT2D eigenvalue weighted by Crippen LogP contribution is 2.18. The summed E-state index contributed by atoms with van der Waals surface area (Å²) in [5.41, 5.74) is 0. The summed E-state index contributed by atoms with van der Waals surface area (Å²) in [6.07, 6.45) is 49.8. The minimum atomic E-state index is -0.609. The molecule has 0 aliphatic carbocycles. The Morgan fingerprint density at radius 2 is 0.537 bits per heavy atom. The summed E-state index contributed by atoms with van der Waals surface area (Å²) in [5.74, 6) is -3.28. The van der Waals surface area contributed by atoms with Gasteiger partial charge in [0, 0.05) is 38.5 Å². The summed E-state index contributed by atoms with van der Waals surface area (Å²) in [6.45, 7) is 5.84. The van der Waals surface area contributed by atoms with Crippen molar-refractivity contribution in [1.29, 1.82) is 0 Å². The predicted octanol–water partition coefficient (Wildman–Crippen LogP) is 17.7. The lowest BCUT2D eigenvalue weighted by atomic mass is 10.1. The topological polar surface area (TPSA) is 184 Å². The van der Waals surface area contributed by atoms with Crippen molar-refractivity contribution in [3.8, 4) is 0 Å². The lowest BCUT2D eigenvalue weighted by Crippen LogP contribution is -2.18. The van der Waals surface area contributed by atoms with E-state index in [1.54, 1.807) is 0 Å². The Kier molecular flexibility index (Phi) is 62.7. The Balaban J connectivity index is 0. The number of unbranched alkanes of at least 4 members (excludes halogenated alkanes) is 24. The minimum Gasteiger partial charge on any atom is -0.461 e. The number of hydrogen-bond acceptors (Lipinski definition) is 14. The van der Waals surface area contributed by atoms with E-state index in [2.05, 4.69) is 62.0 Å². The van der Waals surface area contributed by atoms with Gasteiger partial charge < -0.3 is 33.2 Å². The fourth-order valence-corrected chi connectivity index (χ4v) is 8.85. The molecule has 82 heavy (non-hydrogen) atoms. The van der Waals surface area contributed by atoms with Crippen LogP contribution >= 0.6 is 46.4 Å². The molecule has 0 aromatic rings. The average Bonchev–Trinajstić information content (AvgIpc) is 3.47. The van der Waals surface area contributed by atoms with E-state index in [9.17, 15) is 33.6 Å². The molecule has 0 aromatic heterocycles. The van der Waals surface area contributed by atoms with Crippen LogP contribution in [0.25, 0.3) is 0 Å². The van der Waals surface area contributed by atoms with Crippen molar-refractivity contribution in [1.82, 2.24) is 0 Å². The molecule has 0 spiro atoms. The molecule has 0 unspecified atom stereocenters. The highest BCUT2D eigenvalue weighted by atomic mass is 35.5. The van der Waals surface area contributed by atoms with Gasteiger partial charge in [-0.3, -0.25) is 33.6 Å². The lowest BCUT2D eigenvalue weighted by Gasteiger charge is -2.15. The molecule has 0 rings (SSSR count). The normalized spacial score (nSPS) is 12.4. The molecule has 0 heterocycles. The maximum absolute atomic E-state index is 12.0. The fourth-order valence-electron chi connectivity index (χ4n) is 8.58. The number of halogens is 4. The van der Waals surface area contributed by atoms with Gasteiger partial charge in [-0.2, -0.15) is 0 Å².